The van der Waals surface area contributed by atoms with Crippen LogP contribution in [0.3, 0.4) is 0 Å². The molecule has 1 fully saturated rings. The van der Waals surface area contributed by atoms with Crippen LogP contribution in [0.2, 0.25) is 0 Å². The molecule has 1 heterocycles. The van der Waals surface area contributed by atoms with Crippen LogP contribution in [-0.4, -0.2) is 34.5 Å². The average molecular weight is 287 g/mol. The molecule has 1 aliphatic heterocycles. The van der Waals surface area contributed by atoms with E-state index < -0.39 is 40.9 Å². The second kappa shape index (κ2) is 5.52. The van der Waals surface area contributed by atoms with Crippen molar-refractivity contribution in [2.45, 2.75) is 25.3 Å². The van der Waals surface area contributed by atoms with Crippen molar-refractivity contribution >= 4 is 11.9 Å². The molecule has 0 spiro atoms. The first-order valence-corrected chi connectivity index (χ1v) is 6.10. The summed E-state index contributed by atoms with van der Waals surface area (Å²) < 4.78 is 39.6. The molecule has 20 heavy (non-hydrogen) atoms. The van der Waals surface area contributed by atoms with Gasteiger partial charge < -0.3 is 10.0 Å². The third-order valence-electron chi connectivity index (χ3n) is 3.31. The Balaban J connectivity index is 2.35. The maximum Gasteiger partial charge on any atom is 0.326 e. The number of carboxylic acid groups (broad SMARTS) is 1. The highest BCUT2D eigenvalue weighted by Crippen LogP contribution is 2.22. The lowest BCUT2D eigenvalue weighted by molar-refractivity contribution is -0.143. The monoisotopic (exact) mass is 287 g/mol. The van der Waals surface area contributed by atoms with Crippen LogP contribution in [0, 0.1) is 17.5 Å². The second-order valence-corrected chi connectivity index (χ2v) is 4.57. The fraction of sp³-hybridized carbons (Fsp3) is 0.385. The molecule has 1 aromatic carbocycles. The minimum atomic E-state index is -1.74. The zero-order chi connectivity index (χ0) is 14.9. The van der Waals surface area contributed by atoms with Crippen LogP contribution >= 0.6 is 0 Å². The first-order valence-electron chi connectivity index (χ1n) is 6.10. The smallest absolute Gasteiger partial charge is 0.326 e. The van der Waals surface area contributed by atoms with Crippen molar-refractivity contribution in [1.82, 2.24) is 4.90 Å². The highest BCUT2D eigenvalue weighted by Gasteiger charge is 2.34. The van der Waals surface area contributed by atoms with E-state index in [1.165, 1.54) is 0 Å². The molecule has 4 nitrogen and oxygen atoms in total. The molecule has 0 aromatic heterocycles. The zero-order valence-electron chi connectivity index (χ0n) is 10.4. The summed E-state index contributed by atoms with van der Waals surface area (Å²) in [5, 5.41) is 9.05. The number of carbonyl (C=O) groups excluding carboxylic acids is 1. The number of nitrogens with zero attached hydrogens (tertiary/aromatic N) is 1. The largest absolute Gasteiger partial charge is 0.480 e. The third-order valence-corrected chi connectivity index (χ3v) is 3.31. The number of halogens is 3. The number of hydrogen-bond donors (Lipinski definition) is 1. The molecule has 0 bridgehead atoms. The standard InChI is InChI=1S/C13H12F3NO3/c14-8-5-4-7(10(15)11(8)16)12(18)17-6-2-1-3-9(17)13(19)20/h4-5,9H,1-3,6H2,(H,19,20)/t9-/m1/s1. The van der Waals surface area contributed by atoms with Crippen LogP contribution in [0.4, 0.5) is 13.2 Å². The van der Waals surface area contributed by atoms with E-state index >= 15 is 0 Å². The van der Waals surface area contributed by atoms with Crippen LogP contribution < -0.4 is 0 Å². The molecule has 0 aliphatic carbocycles. The highest BCUT2D eigenvalue weighted by molar-refractivity contribution is 5.97. The molecule has 1 saturated heterocycles. The van der Waals surface area contributed by atoms with E-state index in [0.717, 1.165) is 11.0 Å². The molecule has 0 saturated carbocycles. The molecule has 0 radical (unpaired) electrons. The predicted molar refractivity (Wildman–Crippen MR) is 62.6 cm³/mol. The molecule has 7 heteroatoms. The number of carboxylic acids is 1. The van der Waals surface area contributed by atoms with E-state index in [-0.39, 0.29) is 13.0 Å². The van der Waals surface area contributed by atoms with Crippen LogP contribution in [0.15, 0.2) is 12.1 Å². The van der Waals surface area contributed by atoms with E-state index in [0.29, 0.717) is 18.9 Å². The molecular weight excluding hydrogens is 275 g/mol. The van der Waals surface area contributed by atoms with E-state index in [9.17, 15) is 22.8 Å². The van der Waals surface area contributed by atoms with Crippen molar-refractivity contribution in [3.8, 4) is 0 Å². The maximum atomic E-state index is 13.6. The molecule has 1 aliphatic rings. The Hall–Kier alpha value is -2.05. The maximum absolute atomic E-state index is 13.6. The van der Waals surface area contributed by atoms with Crippen molar-refractivity contribution in [3.05, 3.63) is 35.1 Å². The Morgan fingerprint density at radius 1 is 1.15 bits per heavy atom. The summed E-state index contributed by atoms with van der Waals surface area (Å²) in [6.45, 7) is 0.147. The van der Waals surface area contributed by atoms with Gasteiger partial charge in [-0.3, -0.25) is 4.79 Å². The van der Waals surface area contributed by atoms with E-state index in [1.807, 2.05) is 0 Å². The van der Waals surface area contributed by atoms with E-state index in [4.69, 9.17) is 5.11 Å². The number of aliphatic carboxylic acids is 1. The number of likely N-dealkylation sites (tertiary alicyclic amines) is 1. The summed E-state index contributed by atoms with van der Waals surface area (Å²) in [6.07, 6.45) is 1.48. The van der Waals surface area contributed by atoms with Gasteiger partial charge in [0.15, 0.2) is 17.5 Å². The van der Waals surface area contributed by atoms with Gasteiger partial charge in [-0.25, -0.2) is 18.0 Å². The molecule has 1 amide bonds. The fourth-order valence-corrected chi connectivity index (χ4v) is 2.28. The quantitative estimate of drug-likeness (QED) is 0.848. The Morgan fingerprint density at radius 3 is 2.50 bits per heavy atom. The molecule has 1 N–H and O–H groups in total. The van der Waals surface area contributed by atoms with Gasteiger partial charge in [0, 0.05) is 6.54 Å². The summed E-state index contributed by atoms with van der Waals surface area (Å²) >= 11 is 0. The molecule has 1 atom stereocenters. The first-order chi connectivity index (χ1) is 9.43. The minimum Gasteiger partial charge on any atom is -0.480 e. The summed E-state index contributed by atoms with van der Waals surface area (Å²) in [5.74, 6) is -6.86. The molecule has 0 unspecified atom stereocenters. The van der Waals surface area contributed by atoms with Gasteiger partial charge >= 0.3 is 5.97 Å². The number of rotatable bonds is 2. The van der Waals surface area contributed by atoms with Crippen LogP contribution in [0.5, 0.6) is 0 Å². The van der Waals surface area contributed by atoms with Gasteiger partial charge in [0.25, 0.3) is 5.91 Å². The molecular formula is C13H12F3NO3. The predicted octanol–water partition coefficient (Wildman–Crippen LogP) is 2.18. The summed E-state index contributed by atoms with van der Waals surface area (Å²) in [7, 11) is 0. The van der Waals surface area contributed by atoms with Crippen molar-refractivity contribution in [2.75, 3.05) is 6.54 Å². The molecule has 108 valence electrons. The number of amides is 1. The topological polar surface area (TPSA) is 57.6 Å². The van der Waals surface area contributed by atoms with E-state index in [2.05, 4.69) is 0 Å². The number of carbonyl (C=O) groups is 2. The van der Waals surface area contributed by atoms with Gasteiger partial charge in [0.2, 0.25) is 0 Å². The van der Waals surface area contributed by atoms with E-state index in [1.54, 1.807) is 0 Å². The van der Waals surface area contributed by atoms with Crippen molar-refractivity contribution in [3.63, 3.8) is 0 Å². The summed E-state index contributed by atoms with van der Waals surface area (Å²) in [4.78, 5) is 24.2. The Bertz CT molecular complexity index is 562. The lowest BCUT2D eigenvalue weighted by Gasteiger charge is -2.33. The fourth-order valence-electron chi connectivity index (χ4n) is 2.28. The summed E-state index contributed by atoms with van der Waals surface area (Å²) in [5.41, 5.74) is -0.656. The van der Waals surface area contributed by atoms with Crippen molar-refractivity contribution < 1.29 is 27.9 Å². The van der Waals surface area contributed by atoms with Gasteiger partial charge in [0.1, 0.15) is 6.04 Å². The van der Waals surface area contributed by atoms with Crippen LogP contribution in [0.1, 0.15) is 29.6 Å². The Labute approximate surface area is 112 Å². The first kappa shape index (κ1) is 14.4. The van der Waals surface area contributed by atoms with Gasteiger partial charge in [-0.15, -0.1) is 0 Å². The lowest BCUT2D eigenvalue weighted by Crippen LogP contribution is -2.48. The van der Waals surface area contributed by atoms with Crippen LogP contribution in [0.25, 0.3) is 0 Å². The number of benzene rings is 1. The number of piperidine rings is 1. The molecule has 2 rings (SSSR count). The van der Waals surface area contributed by atoms with Gasteiger partial charge in [-0.05, 0) is 31.4 Å². The Kier molecular flexibility index (Phi) is 3.96. The Morgan fingerprint density at radius 2 is 1.85 bits per heavy atom. The SMILES string of the molecule is O=C(O)[C@H]1CCCCN1C(=O)c1ccc(F)c(F)c1F. The van der Waals surface area contributed by atoms with Crippen molar-refractivity contribution in [1.29, 1.82) is 0 Å². The summed E-state index contributed by atoms with van der Waals surface area (Å²) in [6, 6.07) is 0.401. The van der Waals surface area contributed by atoms with Crippen LogP contribution in [-0.2, 0) is 4.79 Å². The third kappa shape index (κ3) is 2.48. The number of hydrogen-bond acceptors (Lipinski definition) is 2. The zero-order valence-corrected chi connectivity index (χ0v) is 10.4. The highest BCUT2D eigenvalue weighted by atomic mass is 19.2. The minimum absolute atomic E-state index is 0.147. The van der Waals surface area contributed by atoms with Gasteiger partial charge in [-0.1, -0.05) is 0 Å². The van der Waals surface area contributed by atoms with Gasteiger partial charge in [0.05, 0.1) is 5.56 Å². The average Bonchev–Trinajstić information content (AvgIpc) is 2.44. The normalized spacial score (nSPS) is 18.9. The lowest BCUT2D eigenvalue weighted by atomic mass is 10.0. The second-order valence-electron chi connectivity index (χ2n) is 4.57. The van der Waals surface area contributed by atoms with Crippen molar-refractivity contribution in [2.24, 2.45) is 0 Å². The molecule has 1 aromatic rings. The van der Waals surface area contributed by atoms with Gasteiger partial charge in [-0.2, -0.15) is 0 Å².